The van der Waals surface area contributed by atoms with Gasteiger partial charge in [-0.2, -0.15) is 5.10 Å². The second-order valence-electron chi connectivity index (χ2n) is 9.14. The number of carboxylic acids is 1. The van der Waals surface area contributed by atoms with Crippen molar-refractivity contribution >= 4 is 5.97 Å². The van der Waals surface area contributed by atoms with Crippen LogP contribution < -0.4 is 0 Å². The minimum atomic E-state index is -0.990. The summed E-state index contributed by atoms with van der Waals surface area (Å²) >= 11 is 0. The van der Waals surface area contributed by atoms with Crippen LogP contribution in [0.25, 0.3) is 28.5 Å². The molecule has 0 unspecified atom stereocenters. The Morgan fingerprint density at radius 2 is 1.46 bits per heavy atom. The van der Waals surface area contributed by atoms with Gasteiger partial charge in [-0.1, -0.05) is 69.3 Å². The number of pyridine rings is 1. The van der Waals surface area contributed by atoms with Gasteiger partial charge in [-0.05, 0) is 35.2 Å². The summed E-state index contributed by atoms with van der Waals surface area (Å²) in [6, 6.07) is 34.7. The second kappa shape index (κ2) is 12.3. The Morgan fingerprint density at radius 1 is 0.811 bits per heavy atom. The first-order valence-corrected chi connectivity index (χ1v) is 11.6. The number of aromatic nitrogens is 4. The molecule has 6 nitrogen and oxygen atoms in total. The average Bonchev–Trinajstić information content (AvgIpc) is 3.35. The van der Waals surface area contributed by atoms with Crippen LogP contribution in [0.1, 0.15) is 36.8 Å². The fraction of sp³-hybridized carbons (Fsp3) is 0.133. The van der Waals surface area contributed by atoms with Gasteiger partial charge in [0.15, 0.2) is 5.82 Å². The number of carbonyl (C=O) groups is 1. The first-order chi connectivity index (χ1) is 17.3. The SMILES string of the molecule is CC(C)(C)c1ccc(-n2c(-c3[c-]cccc3)nnc2-c2ccccc2)cc1.O=C(O)c1ccccn1.[Ir]. The van der Waals surface area contributed by atoms with Crippen molar-refractivity contribution < 1.29 is 30.0 Å². The molecule has 189 valence electrons. The molecule has 2 heterocycles. The van der Waals surface area contributed by atoms with E-state index in [1.54, 1.807) is 12.1 Å². The Labute approximate surface area is 230 Å². The van der Waals surface area contributed by atoms with Crippen LogP contribution in [0.2, 0.25) is 0 Å². The van der Waals surface area contributed by atoms with Gasteiger partial charge in [-0.3, -0.25) is 0 Å². The van der Waals surface area contributed by atoms with Gasteiger partial charge < -0.3 is 9.67 Å². The number of rotatable bonds is 4. The minimum Gasteiger partial charge on any atom is -0.477 e. The molecule has 0 atom stereocenters. The molecule has 37 heavy (non-hydrogen) atoms. The van der Waals surface area contributed by atoms with Crippen molar-refractivity contribution in [3.8, 4) is 28.5 Å². The van der Waals surface area contributed by atoms with E-state index in [0.29, 0.717) is 0 Å². The van der Waals surface area contributed by atoms with E-state index in [1.165, 1.54) is 17.8 Å². The smallest absolute Gasteiger partial charge is 0.354 e. The number of hydrogen-bond acceptors (Lipinski definition) is 4. The average molecular weight is 668 g/mol. The van der Waals surface area contributed by atoms with E-state index in [1.807, 2.05) is 42.5 Å². The third-order valence-corrected chi connectivity index (χ3v) is 5.52. The van der Waals surface area contributed by atoms with Crippen LogP contribution in [-0.4, -0.2) is 30.8 Å². The molecule has 0 saturated heterocycles. The van der Waals surface area contributed by atoms with Crippen molar-refractivity contribution in [1.82, 2.24) is 19.7 Å². The number of benzene rings is 3. The normalized spacial score (nSPS) is 10.6. The Bertz CT molecular complexity index is 1360. The Kier molecular flexibility index (Phi) is 9.23. The van der Waals surface area contributed by atoms with E-state index in [4.69, 9.17) is 5.11 Å². The maximum absolute atomic E-state index is 10.1. The van der Waals surface area contributed by atoms with E-state index < -0.39 is 5.97 Å². The van der Waals surface area contributed by atoms with E-state index >= 15 is 0 Å². The van der Waals surface area contributed by atoms with Crippen LogP contribution in [0.5, 0.6) is 0 Å². The summed E-state index contributed by atoms with van der Waals surface area (Å²) in [6.07, 6.45) is 1.45. The van der Waals surface area contributed by atoms with E-state index in [9.17, 15) is 4.79 Å². The molecular weight excluding hydrogens is 641 g/mol. The van der Waals surface area contributed by atoms with Crippen LogP contribution in [0.15, 0.2) is 103 Å². The van der Waals surface area contributed by atoms with Crippen LogP contribution in [-0.2, 0) is 25.5 Å². The molecular formula is C30H27IrN4O2-. The van der Waals surface area contributed by atoms with Crippen molar-refractivity contribution in [2.24, 2.45) is 0 Å². The summed E-state index contributed by atoms with van der Waals surface area (Å²) in [7, 11) is 0. The molecule has 7 heteroatoms. The second-order valence-corrected chi connectivity index (χ2v) is 9.14. The molecule has 0 aliphatic heterocycles. The van der Waals surface area contributed by atoms with Gasteiger partial charge in [-0.15, -0.1) is 41.0 Å². The van der Waals surface area contributed by atoms with Crippen molar-refractivity contribution in [2.75, 3.05) is 0 Å². The minimum absolute atomic E-state index is 0. The molecule has 0 aliphatic carbocycles. The largest absolute Gasteiger partial charge is 0.477 e. The quantitative estimate of drug-likeness (QED) is 0.222. The molecule has 0 amide bonds. The van der Waals surface area contributed by atoms with Gasteiger partial charge >= 0.3 is 5.97 Å². The first kappa shape index (κ1) is 27.7. The zero-order valence-corrected chi connectivity index (χ0v) is 23.2. The van der Waals surface area contributed by atoms with Crippen molar-refractivity contribution in [2.45, 2.75) is 26.2 Å². The van der Waals surface area contributed by atoms with Gasteiger partial charge in [-0.25, -0.2) is 9.78 Å². The number of hydrogen-bond donors (Lipinski definition) is 1. The molecule has 0 saturated carbocycles. The van der Waals surface area contributed by atoms with Gasteiger partial charge in [0, 0.05) is 37.6 Å². The monoisotopic (exact) mass is 668 g/mol. The van der Waals surface area contributed by atoms with Gasteiger partial charge in [0.25, 0.3) is 0 Å². The van der Waals surface area contributed by atoms with Crippen molar-refractivity contribution in [3.05, 3.63) is 121 Å². The molecule has 3 aromatic carbocycles. The predicted molar refractivity (Wildman–Crippen MR) is 141 cm³/mol. The van der Waals surface area contributed by atoms with E-state index in [-0.39, 0.29) is 31.2 Å². The van der Waals surface area contributed by atoms with Crippen LogP contribution in [0, 0.1) is 6.07 Å². The van der Waals surface area contributed by atoms with Gasteiger partial charge in [0.05, 0.1) is 5.82 Å². The van der Waals surface area contributed by atoms with Crippen molar-refractivity contribution in [1.29, 1.82) is 0 Å². The van der Waals surface area contributed by atoms with Crippen LogP contribution in [0.3, 0.4) is 0 Å². The molecule has 2 aromatic heterocycles. The summed E-state index contributed by atoms with van der Waals surface area (Å²) < 4.78 is 2.10. The van der Waals surface area contributed by atoms with E-state index in [2.05, 4.69) is 83.0 Å². The maximum atomic E-state index is 10.1. The van der Waals surface area contributed by atoms with Gasteiger partial charge in [0.2, 0.25) is 0 Å². The predicted octanol–water partition coefficient (Wildman–Crippen LogP) is 6.48. The fourth-order valence-electron chi connectivity index (χ4n) is 3.61. The van der Waals surface area contributed by atoms with Crippen LogP contribution in [0.4, 0.5) is 0 Å². The molecule has 0 spiro atoms. The van der Waals surface area contributed by atoms with Gasteiger partial charge in [0.1, 0.15) is 5.69 Å². The summed E-state index contributed by atoms with van der Waals surface area (Å²) in [5, 5.41) is 17.3. The number of carboxylic acid groups (broad SMARTS) is 1. The number of aromatic carboxylic acids is 1. The molecule has 1 radical (unpaired) electrons. The molecule has 1 N–H and O–H groups in total. The summed E-state index contributed by atoms with van der Waals surface area (Å²) in [6.45, 7) is 6.67. The summed E-state index contributed by atoms with van der Waals surface area (Å²) in [4.78, 5) is 13.7. The molecule has 5 aromatic rings. The zero-order valence-electron chi connectivity index (χ0n) is 20.8. The van der Waals surface area contributed by atoms with Crippen molar-refractivity contribution in [3.63, 3.8) is 0 Å². The van der Waals surface area contributed by atoms with Crippen LogP contribution >= 0.6 is 0 Å². The molecule has 5 rings (SSSR count). The maximum Gasteiger partial charge on any atom is 0.354 e. The Morgan fingerprint density at radius 3 is 2.00 bits per heavy atom. The summed E-state index contributed by atoms with van der Waals surface area (Å²) in [5.74, 6) is 0.625. The summed E-state index contributed by atoms with van der Waals surface area (Å²) in [5.41, 5.74) is 4.49. The topological polar surface area (TPSA) is 80.9 Å². The third-order valence-electron chi connectivity index (χ3n) is 5.52. The zero-order chi connectivity index (χ0) is 25.5. The standard InChI is InChI=1S/C24H22N3.C6H5NO2.Ir/c1-24(2,3)20-14-16-21(17-15-20)27-22(18-10-6-4-7-11-18)25-26-23(27)19-12-8-5-9-13-19;8-6(9)5-3-1-2-4-7-5;/h4-12,14-17H,1-3H3;1-4H,(H,8,9);/q-1;;. The first-order valence-electron chi connectivity index (χ1n) is 11.6. The molecule has 0 aliphatic rings. The third kappa shape index (κ3) is 6.85. The Hall–Kier alpha value is -3.93. The number of nitrogens with zero attached hydrogens (tertiary/aromatic N) is 4. The fourth-order valence-corrected chi connectivity index (χ4v) is 3.61. The molecule has 0 bridgehead atoms. The molecule has 0 fully saturated rings. The van der Waals surface area contributed by atoms with E-state index in [0.717, 1.165) is 28.5 Å². The Balaban J connectivity index is 0.000000324.